The van der Waals surface area contributed by atoms with Crippen LogP contribution in [0.25, 0.3) is 0 Å². The van der Waals surface area contributed by atoms with Crippen molar-refractivity contribution in [3.63, 3.8) is 0 Å². The van der Waals surface area contributed by atoms with Gasteiger partial charge in [0.1, 0.15) is 17.7 Å². The molecular weight excluding hydrogens is 423 g/mol. The van der Waals surface area contributed by atoms with Gasteiger partial charge in [-0.25, -0.2) is 19.3 Å². The van der Waals surface area contributed by atoms with Crippen molar-refractivity contribution in [1.29, 1.82) is 0 Å². The molecule has 162 valence electrons. The average Bonchev–Trinajstić information content (AvgIpc) is 2.78. The molecule has 0 bridgehead atoms. The number of piperidine rings is 1. The molecule has 8 nitrogen and oxygen atoms in total. The van der Waals surface area contributed by atoms with Gasteiger partial charge in [0.05, 0.1) is 25.5 Å². The molecule has 1 aliphatic heterocycles. The van der Waals surface area contributed by atoms with Crippen LogP contribution < -0.4 is 19.7 Å². The highest BCUT2D eigenvalue weighted by Gasteiger charge is 2.24. The SMILES string of the molecule is CCOc1cccnc1O[C@@H]1CCCN(c2cncc(Nc3ccc(F)c(Cl)n3)n2)C1. The van der Waals surface area contributed by atoms with Crippen molar-refractivity contribution in [2.45, 2.75) is 25.9 Å². The lowest BCUT2D eigenvalue weighted by atomic mass is 10.1. The number of rotatable bonds is 7. The van der Waals surface area contributed by atoms with Crippen molar-refractivity contribution in [1.82, 2.24) is 19.9 Å². The summed E-state index contributed by atoms with van der Waals surface area (Å²) in [6, 6.07) is 6.41. The summed E-state index contributed by atoms with van der Waals surface area (Å²) in [6.45, 7) is 3.94. The number of anilines is 3. The Hall–Kier alpha value is -3.20. The molecule has 1 aliphatic rings. The molecule has 4 heterocycles. The zero-order valence-electron chi connectivity index (χ0n) is 17.0. The molecule has 4 rings (SSSR count). The second-order valence-corrected chi connectivity index (χ2v) is 7.28. The molecular formula is C21H22ClFN6O2. The predicted molar refractivity (Wildman–Crippen MR) is 116 cm³/mol. The van der Waals surface area contributed by atoms with Gasteiger partial charge in [-0.1, -0.05) is 11.6 Å². The number of hydrogen-bond acceptors (Lipinski definition) is 8. The summed E-state index contributed by atoms with van der Waals surface area (Å²) in [4.78, 5) is 19.3. The Labute approximate surface area is 184 Å². The summed E-state index contributed by atoms with van der Waals surface area (Å²) >= 11 is 5.75. The van der Waals surface area contributed by atoms with E-state index in [1.807, 2.05) is 19.1 Å². The molecule has 3 aromatic heterocycles. The smallest absolute Gasteiger partial charge is 0.257 e. The first-order valence-corrected chi connectivity index (χ1v) is 10.4. The normalized spacial score (nSPS) is 16.1. The van der Waals surface area contributed by atoms with Gasteiger partial charge in [0.2, 0.25) is 0 Å². The molecule has 3 aromatic rings. The second-order valence-electron chi connectivity index (χ2n) is 6.92. The third kappa shape index (κ3) is 5.29. The summed E-state index contributed by atoms with van der Waals surface area (Å²) < 4.78 is 25.1. The average molecular weight is 445 g/mol. The lowest BCUT2D eigenvalue weighted by Gasteiger charge is -2.33. The van der Waals surface area contributed by atoms with Crippen LogP contribution in [0.3, 0.4) is 0 Å². The fourth-order valence-electron chi connectivity index (χ4n) is 3.32. The summed E-state index contributed by atoms with van der Waals surface area (Å²) in [5.74, 6) is 2.13. The van der Waals surface area contributed by atoms with Gasteiger partial charge < -0.3 is 19.7 Å². The van der Waals surface area contributed by atoms with E-state index in [0.29, 0.717) is 42.2 Å². The van der Waals surface area contributed by atoms with Gasteiger partial charge in [-0.3, -0.25) is 4.98 Å². The van der Waals surface area contributed by atoms with Crippen LogP contribution in [0.4, 0.5) is 21.8 Å². The summed E-state index contributed by atoms with van der Waals surface area (Å²) in [5.41, 5.74) is 0. The van der Waals surface area contributed by atoms with E-state index in [-0.39, 0.29) is 11.3 Å². The van der Waals surface area contributed by atoms with Crippen LogP contribution in [0, 0.1) is 5.82 Å². The molecule has 0 saturated carbocycles. The fourth-order valence-corrected chi connectivity index (χ4v) is 3.47. The number of nitrogens with one attached hydrogen (secondary N) is 1. The van der Waals surface area contributed by atoms with Gasteiger partial charge in [0, 0.05) is 12.7 Å². The van der Waals surface area contributed by atoms with Crippen molar-refractivity contribution < 1.29 is 13.9 Å². The molecule has 1 atom stereocenters. The molecule has 0 unspecified atom stereocenters. The highest BCUT2D eigenvalue weighted by atomic mass is 35.5. The molecule has 0 radical (unpaired) electrons. The molecule has 0 spiro atoms. The van der Waals surface area contributed by atoms with Crippen molar-refractivity contribution in [2.24, 2.45) is 0 Å². The van der Waals surface area contributed by atoms with E-state index in [1.54, 1.807) is 18.6 Å². The zero-order chi connectivity index (χ0) is 21.6. The Morgan fingerprint density at radius 1 is 1.23 bits per heavy atom. The number of pyridine rings is 2. The zero-order valence-corrected chi connectivity index (χ0v) is 17.7. The van der Waals surface area contributed by atoms with E-state index in [0.717, 1.165) is 19.4 Å². The monoisotopic (exact) mass is 444 g/mol. The fraction of sp³-hybridized carbons (Fsp3) is 0.333. The number of nitrogens with zero attached hydrogens (tertiary/aromatic N) is 5. The third-order valence-corrected chi connectivity index (χ3v) is 4.96. The Bertz CT molecular complexity index is 1040. The van der Waals surface area contributed by atoms with E-state index < -0.39 is 5.82 Å². The lowest BCUT2D eigenvalue weighted by molar-refractivity contribution is 0.162. The first kappa shape index (κ1) is 21.0. The molecule has 1 fully saturated rings. The van der Waals surface area contributed by atoms with E-state index in [2.05, 4.69) is 30.2 Å². The number of aromatic nitrogens is 4. The van der Waals surface area contributed by atoms with Gasteiger partial charge in [0.15, 0.2) is 22.5 Å². The van der Waals surface area contributed by atoms with E-state index >= 15 is 0 Å². The molecule has 10 heteroatoms. The van der Waals surface area contributed by atoms with E-state index in [1.165, 1.54) is 12.1 Å². The van der Waals surface area contributed by atoms with Crippen LogP contribution in [0.5, 0.6) is 11.6 Å². The molecule has 0 aromatic carbocycles. The standard InChI is InChI=1S/C21H22ClFN6O2/c1-2-30-16-6-3-9-25-21(16)31-14-5-4-10-29(13-14)19-12-24-11-18(27-19)26-17-8-7-15(23)20(22)28-17/h3,6-9,11-12,14H,2,4-5,10,13H2,1H3,(H,26,27,28)/t14-/m1/s1. The first-order valence-electron chi connectivity index (χ1n) is 10.0. The van der Waals surface area contributed by atoms with Gasteiger partial charge >= 0.3 is 0 Å². The van der Waals surface area contributed by atoms with Crippen molar-refractivity contribution in [3.05, 3.63) is 53.8 Å². The largest absolute Gasteiger partial charge is 0.488 e. The molecule has 1 saturated heterocycles. The second kappa shape index (κ2) is 9.74. The molecule has 1 N–H and O–H groups in total. The third-order valence-electron chi connectivity index (χ3n) is 4.70. The Morgan fingerprint density at radius 3 is 2.97 bits per heavy atom. The Kier molecular flexibility index (Phi) is 6.61. The minimum absolute atomic E-state index is 0.0566. The number of halogens is 2. The van der Waals surface area contributed by atoms with Crippen LogP contribution in [-0.2, 0) is 0 Å². The van der Waals surface area contributed by atoms with Crippen LogP contribution in [0.1, 0.15) is 19.8 Å². The van der Waals surface area contributed by atoms with Gasteiger partial charge in [-0.2, -0.15) is 0 Å². The predicted octanol–water partition coefficient (Wildman–Crippen LogP) is 4.25. The first-order chi connectivity index (χ1) is 15.1. The van der Waals surface area contributed by atoms with E-state index in [4.69, 9.17) is 21.1 Å². The van der Waals surface area contributed by atoms with Gasteiger partial charge in [-0.15, -0.1) is 0 Å². The highest BCUT2D eigenvalue weighted by Crippen LogP contribution is 2.28. The van der Waals surface area contributed by atoms with Crippen LogP contribution in [0.15, 0.2) is 42.9 Å². The quantitative estimate of drug-likeness (QED) is 0.541. The van der Waals surface area contributed by atoms with Crippen LogP contribution >= 0.6 is 11.6 Å². The molecule has 0 amide bonds. The maximum atomic E-state index is 13.3. The Morgan fingerprint density at radius 2 is 2.13 bits per heavy atom. The Balaban J connectivity index is 1.45. The number of ether oxygens (including phenoxy) is 2. The van der Waals surface area contributed by atoms with Gasteiger partial charge in [-0.05, 0) is 44.0 Å². The highest BCUT2D eigenvalue weighted by molar-refractivity contribution is 6.29. The van der Waals surface area contributed by atoms with Crippen molar-refractivity contribution >= 4 is 29.1 Å². The maximum absolute atomic E-state index is 13.3. The van der Waals surface area contributed by atoms with Crippen LogP contribution in [0.2, 0.25) is 5.15 Å². The molecule has 31 heavy (non-hydrogen) atoms. The summed E-state index contributed by atoms with van der Waals surface area (Å²) in [7, 11) is 0. The van der Waals surface area contributed by atoms with Crippen molar-refractivity contribution in [3.8, 4) is 11.6 Å². The van der Waals surface area contributed by atoms with Gasteiger partial charge in [0.25, 0.3) is 5.88 Å². The topological polar surface area (TPSA) is 85.3 Å². The minimum Gasteiger partial charge on any atom is -0.488 e. The number of hydrogen-bond donors (Lipinski definition) is 1. The van der Waals surface area contributed by atoms with Crippen LogP contribution in [-0.4, -0.2) is 45.7 Å². The lowest BCUT2D eigenvalue weighted by Crippen LogP contribution is -2.41. The molecule has 0 aliphatic carbocycles. The minimum atomic E-state index is -0.577. The maximum Gasteiger partial charge on any atom is 0.257 e. The summed E-state index contributed by atoms with van der Waals surface area (Å²) in [5, 5.41) is 2.80. The van der Waals surface area contributed by atoms with Crippen molar-refractivity contribution in [2.75, 3.05) is 29.9 Å². The summed E-state index contributed by atoms with van der Waals surface area (Å²) in [6.07, 6.45) is 6.75. The van der Waals surface area contributed by atoms with E-state index in [9.17, 15) is 4.39 Å².